The van der Waals surface area contributed by atoms with Gasteiger partial charge in [-0.2, -0.15) is 0 Å². The number of carbonyl (C=O) groups excluding carboxylic acids is 1. The molecule has 3 nitrogen and oxygen atoms in total. The molecule has 2 aromatic carbocycles. The van der Waals surface area contributed by atoms with E-state index < -0.39 is 0 Å². The van der Waals surface area contributed by atoms with E-state index in [1.165, 1.54) is 6.08 Å². The average molecular weight is 295 g/mol. The highest BCUT2D eigenvalue weighted by Crippen LogP contribution is 2.14. The van der Waals surface area contributed by atoms with Crippen LogP contribution in [0.15, 0.2) is 60.7 Å². The number of benzene rings is 2. The van der Waals surface area contributed by atoms with E-state index in [4.69, 9.17) is 4.74 Å². The Morgan fingerprint density at radius 2 is 1.82 bits per heavy atom. The van der Waals surface area contributed by atoms with Crippen molar-refractivity contribution in [2.24, 2.45) is 0 Å². The molecule has 0 saturated heterocycles. The summed E-state index contributed by atoms with van der Waals surface area (Å²) in [5.74, 6) is 0.716. The summed E-state index contributed by atoms with van der Waals surface area (Å²) in [5, 5.41) is 2.81. The molecule has 0 aromatic heterocycles. The molecule has 0 aliphatic heterocycles. The van der Waals surface area contributed by atoms with E-state index in [1.54, 1.807) is 6.08 Å². The molecule has 0 fully saturated rings. The van der Waals surface area contributed by atoms with Crippen molar-refractivity contribution in [3.8, 4) is 5.75 Å². The summed E-state index contributed by atoms with van der Waals surface area (Å²) in [6.45, 7) is 2.88. The minimum Gasteiger partial charge on any atom is -0.494 e. The van der Waals surface area contributed by atoms with Crippen LogP contribution >= 0.6 is 0 Å². The first kappa shape index (κ1) is 15.8. The van der Waals surface area contributed by atoms with E-state index in [-0.39, 0.29) is 5.91 Å². The highest BCUT2D eigenvalue weighted by molar-refractivity contribution is 6.01. The van der Waals surface area contributed by atoms with Gasteiger partial charge in [0.05, 0.1) is 6.61 Å². The molecule has 0 radical (unpaired) electrons. The summed E-state index contributed by atoms with van der Waals surface area (Å²) in [5.41, 5.74) is 1.75. The number of anilines is 1. The van der Waals surface area contributed by atoms with E-state index in [0.717, 1.165) is 36.4 Å². The first-order valence-corrected chi connectivity index (χ1v) is 7.55. The second-order valence-electron chi connectivity index (χ2n) is 4.96. The van der Waals surface area contributed by atoms with Gasteiger partial charge in [-0.05, 0) is 42.3 Å². The van der Waals surface area contributed by atoms with Crippen molar-refractivity contribution in [1.82, 2.24) is 0 Å². The fourth-order valence-corrected chi connectivity index (χ4v) is 1.89. The molecule has 1 N–H and O–H groups in total. The molecule has 0 heterocycles. The van der Waals surface area contributed by atoms with Gasteiger partial charge in [-0.25, -0.2) is 0 Å². The highest BCUT2D eigenvalue weighted by atomic mass is 16.5. The van der Waals surface area contributed by atoms with Crippen LogP contribution < -0.4 is 10.1 Å². The zero-order valence-electron chi connectivity index (χ0n) is 12.8. The third kappa shape index (κ3) is 5.44. The molecule has 0 bridgehead atoms. The Kier molecular flexibility index (Phi) is 6.24. The first-order chi connectivity index (χ1) is 10.8. The quantitative estimate of drug-likeness (QED) is 0.602. The van der Waals surface area contributed by atoms with Crippen LogP contribution in [0, 0.1) is 0 Å². The number of hydrogen-bond acceptors (Lipinski definition) is 2. The Morgan fingerprint density at radius 1 is 1.09 bits per heavy atom. The number of carbonyl (C=O) groups is 1. The van der Waals surface area contributed by atoms with Gasteiger partial charge < -0.3 is 10.1 Å². The molecular formula is C19H21NO2. The van der Waals surface area contributed by atoms with Crippen molar-refractivity contribution < 1.29 is 9.53 Å². The number of para-hydroxylation sites is 1. The number of ether oxygens (including phenoxy) is 1. The van der Waals surface area contributed by atoms with Crippen LogP contribution in [-0.2, 0) is 4.79 Å². The predicted molar refractivity (Wildman–Crippen MR) is 91.0 cm³/mol. The van der Waals surface area contributed by atoms with Gasteiger partial charge in [0, 0.05) is 11.8 Å². The smallest absolute Gasteiger partial charge is 0.248 e. The van der Waals surface area contributed by atoms with Crippen LogP contribution in [0.1, 0.15) is 25.3 Å². The van der Waals surface area contributed by atoms with Crippen LogP contribution in [0.5, 0.6) is 5.75 Å². The van der Waals surface area contributed by atoms with Crippen molar-refractivity contribution in [3.63, 3.8) is 0 Å². The molecule has 114 valence electrons. The van der Waals surface area contributed by atoms with Crippen molar-refractivity contribution in [3.05, 3.63) is 66.2 Å². The largest absolute Gasteiger partial charge is 0.494 e. The molecule has 1 amide bonds. The van der Waals surface area contributed by atoms with E-state index in [2.05, 4.69) is 12.2 Å². The zero-order chi connectivity index (χ0) is 15.6. The van der Waals surface area contributed by atoms with Gasteiger partial charge in [0.25, 0.3) is 0 Å². The van der Waals surface area contributed by atoms with Crippen molar-refractivity contribution >= 4 is 17.7 Å². The SMILES string of the molecule is CCCCOc1ccc(/C=C/C(=O)Nc2ccccc2)cc1. The monoisotopic (exact) mass is 295 g/mol. The molecule has 3 heteroatoms. The van der Waals surface area contributed by atoms with Gasteiger partial charge in [-0.3, -0.25) is 4.79 Å². The predicted octanol–water partition coefficient (Wildman–Crippen LogP) is 4.52. The van der Waals surface area contributed by atoms with Crippen molar-refractivity contribution in [1.29, 1.82) is 0 Å². The molecule has 0 unspecified atom stereocenters. The van der Waals surface area contributed by atoms with E-state index in [0.29, 0.717) is 0 Å². The Labute approximate surface area is 131 Å². The van der Waals surface area contributed by atoms with E-state index >= 15 is 0 Å². The average Bonchev–Trinajstić information content (AvgIpc) is 2.55. The van der Waals surface area contributed by atoms with Crippen molar-refractivity contribution in [2.75, 3.05) is 11.9 Å². The highest BCUT2D eigenvalue weighted by Gasteiger charge is 1.97. The summed E-state index contributed by atoms with van der Waals surface area (Å²) in [6.07, 6.45) is 5.49. The summed E-state index contributed by atoms with van der Waals surface area (Å²) in [4.78, 5) is 11.8. The topological polar surface area (TPSA) is 38.3 Å². The van der Waals surface area contributed by atoms with E-state index in [1.807, 2.05) is 54.6 Å². The first-order valence-electron chi connectivity index (χ1n) is 7.55. The van der Waals surface area contributed by atoms with Gasteiger partial charge in [-0.1, -0.05) is 43.7 Å². The summed E-state index contributed by atoms with van der Waals surface area (Å²) in [7, 11) is 0. The van der Waals surface area contributed by atoms with Gasteiger partial charge in [0.1, 0.15) is 5.75 Å². The normalized spacial score (nSPS) is 10.6. The molecule has 2 rings (SSSR count). The second-order valence-corrected chi connectivity index (χ2v) is 4.96. The van der Waals surface area contributed by atoms with Gasteiger partial charge >= 0.3 is 0 Å². The minimum atomic E-state index is -0.144. The van der Waals surface area contributed by atoms with Gasteiger partial charge in [0.2, 0.25) is 5.91 Å². The fraction of sp³-hybridized carbons (Fsp3) is 0.211. The third-order valence-electron chi connectivity index (χ3n) is 3.12. The number of hydrogen-bond donors (Lipinski definition) is 1. The lowest BCUT2D eigenvalue weighted by Gasteiger charge is -2.05. The summed E-state index contributed by atoms with van der Waals surface area (Å²) >= 11 is 0. The van der Waals surface area contributed by atoms with Crippen LogP contribution in [-0.4, -0.2) is 12.5 Å². The van der Waals surface area contributed by atoms with Crippen LogP contribution in [0.4, 0.5) is 5.69 Å². The number of rotatable bonds is 7. The van der Waals surface area contributed by atoms with Crippen LogP contribution in [0.25, 0.3) is 6.08 Å². The zero-order valence-corrected chi connectivity index (χ0v) is 12.8. The molecule has 22 heavy (non-hydrogen) atoms. The van der Waals surface area contributed by atoms with E-state index in [9.17, 15) is 4.79 Å². The third-order valence-corrected chi connectivity index (χ3v) is 3.12. The maximum atomic E-state index is 11.8. The Hall–Kier alpha value is -2.55. The molecule has 0 saturated carbocycles. The molecular weight excluding hydrogens is 274 g/mol. The Bertz CT molecular complexity index is 603. The second kappa shape index (κ2) is 8.67. The van der Waals surface area contributed by atoms with Crippen LogP contribution in [0.2, 0.25) is 0 Å². The molecule has 2 aromatic rings. The maximum absolute atomic E-state index is 11.8. The Morgan fingerprint density at radius 3 is 2.50 bits per heavy atom. The lowest BCUT2D eigenvalue weighted by molar-refractivity contribution is -0.111. The summed E-state index contributed by atoms with van der Waals surface area (Å²) < 4.78 is 5.60. The molecule has 0 spiro atoms. The maximum Gasteiger partial charge on any atom is 0.248 e. The standard InChI is InChI=1S/C19H21NO2/c1-2-3-15-22-18-12-9-16(10-13-18)11-14-19(21)20-17-7-5-4-6-8-17/h4-14H,2-3,15H2,1H3,(H,20,21)/b14-11+. The molecule has 0 aliphatic rings. The number of amides is 1. The van der Waals surface area contributed by atoms with Crippen LogP contribution in [0.3, 0.4) is 0 Å². The Balaban J connectivity index is 1.85. The van der Waals surface area contributed by atoms with Gasteiger partial charge in [-0.15, -0.1) is 0 Å². The fourth-order valence-electron chi connectivity index (χ4n) is 1.89. The lowest BCUT2D eigenvalue weighted by Crippen LogP contribution is -2.07. The lowest BCUT2D eigenvalue weighted by atomic mass is 10.2. The van der Waals surface area contributed by atoms with Crippen molar-refractivity contribution in [2.45, 2.75) is 19.8 Å². The molecule has 0 atom stereocenters. The minimum absolute atomic E-state index is 0.144. The molecule has 0 aliphatic carbocycles. The number of nitrogens with one attached hydrogen (secondary N) is 1. The van der Waals surface area contributed by atoms with Gasteiger partial charge in [0.15, 0.2) is 0 Å². The number of unbranched alkanes of at least 4 members (excludes halogenated alkanes) is 1. The summed E-state index contributed by atoms with van der Waals surface area (Å²) in [6, 6.07) is 17.1.